The molecule has 0 bridgehead atoms. The fraction of sp³-hybridized carbons (Fsp3) is 0.200. The van der Waals surface area contributed by atoms with Gasteiger partial charge in [0.1, 0.15) is 0 Å². The van der Waals surface area contributed by atoms with Crippen molar-refractivity contribution >= 4 is 23.8 Å². The molecule has 0 aliphatic carbocycles. The standard InChI is InChI=1S/C25H25O3P/c1-5-29(28,21-14-10-7-11-15-21)25(27)23-18(3)16-17(2)22(19(23)4)24(26)20-12-8-6-9-13-20/h6-16H,5H2,1-4H3. The number of aryl methyl sites for hydroxylation is 2. The molecular weight excluding hydrogens is 379 g/mol. The quantitative estimate of drug-likeness (QED) is 0.392. The van der Waals surface area contributed by atoms with Crippen LogP contribution >= 0.6 is 7.14 Å². The van der Waals surface area contributed by atoms with E-state index in [0.29, 0.717) is 27.6 Å². The highest BCUT2D eigenvalue weighted by molar-refractivity contribution is 7.87. The van der Waals surface area contributed by atoms with Crippen molar-refractivity contribution < 1.29 is 14.2 Å². The summed E-state index contributed by atoms with van der Waals surface area (Å²) in [6.45, 7) is 7.28. The number of ketones is 1. The van der Waals surface area contributed by atoms with Gasteiger partial charge in [-0.1, -0.05) is 73.7 Å². The molecule has 0 aliphatic heterocycles. The van der Waals surface area contributed by atoms with Crippen LogP contribution in [0.4, 0.5) is 0 Å². The summed E-state index contributed by atoms with van der Waals surface area (Å²) in [6, 6.07) is 19.8. The van der Waals surface area contributed by atoms with Gasteiger partial charge in [-0.15, -0.1) is 0 Å². The monoisotopic (exact) mass is 404 g/mol. The minimum Gasteiger partial charge on any atom is -0.310 e. The van der Waals surface area contributed by atoms with E-state index < -0.39 is 7.14 Å². The van der Waals surface area contributed by atoms with Crippen LogP contribution in [0.25, 0.3) is 0 Å². The molecule has 3 aromatic rings. The molecule has 0 saturated carbocycles. The average molecular weight is 404 g/mol. The van der Waals surface area contributed by atoms with E-state index in [4.69, 9.17) is 0 Å². The van der Waals surface area contributed by atoms with Gasteiger partial charge < -0.3 is 4.57 Å². The smallest absolute Gasteiger partial charge is 0.226 e. The predicted octanol–water partition coefficient (Wildman–Crippen LogP) is 5.69. The summed E-state index contributed by atoms with van der Waals surface area (Å²) in [5, 5.41) is 0.558. The zero-order chi connectivity index (χ0) is 21.2. The Kier molecular flexibility index (Phi) is 6.00. The highest BCUT2D eigenvalue weighted by Gasteiger charge is 2.35. The van der Waals surface area contributed by atoms with E-state index in [1.807, 2.05) is 44.2 Å². The third kappa shape index (κ3) is 3.75. The molecule has 1 atom stereocenters. The molecule has 0 N–H and O–H groups in total. The van der Waals surface area contributed by atoms with Crippen LogP contribution in [0.1, 0.15) is 49.9 Å². The lowest BCUT2D eigenvalue weighted by Gasteiger charge is -2.21. The molecule has 0 radical (unpaired) electrons. The molecule has 0 amide bonds. The third-order valence-electron chi connectivity index (χ3n) is 5.40. The Morgan fingerprint density at radius 2 is 1.31 bits per heavy atom. The summed E-state index contributed by atoms with van der Waals surface area (Å²) in [4.78, 5) is 26.8. The first-order chi connectivity index (χ1) is 13.8. The Balaban J connectivity index is 2.19. The Hall–Kier alpha value is -2.77. The van der Waals surface area contributed by atoms with Crippen molar-refractivity contribution in [3.8, 4) is 0 Å². The highest BCUT2D eigenvalue weighted by Crippen LogP contribution is 2.48. The number of hydrogen-bond acceptors (Lipinski definition) is 3. The Bertz CT molecular complexity index is 1120. The van der Waals surface area contributed by atoms with Crippen LogP contribution in [0.2, 0.25) is 0 Å². The molecule has 0 fully saturated rings. The fourth-order valence-electron chi connectivity index (χ4n) is 3.89. The maximum Gasteiger partial charge on any atom is 0.226 e. The van der Waals surface area contributed by atoms with Gasteiger partial charge in [0.25, 0.3) is 0 Å². The summed E-state index contributed by atoms with van der Waals surface area (Å²) >= 11 is 0. The van der Waals surface area contributed by atoms with E-state index in [2.05, 4.69) is 0 Å². The van der Waals surface area contributed by atoms with E-state index in [-0.39, 0.29) is 17.5 Å². The van der Waals surface area contributed by atoms with Gasteiger partial charge in [0.05, 0.1) is 0 Å². The van der Waals surface area contributed by atoms with Gasteiger partial charge in [-0.3, -0.25) is 9.59 Å². The van der Waals surface area contributed by atoms with Gasteiger partial charge in [-0.25, -0.2) is 0 Å². The molecule has 0 aliphatic rings. The fourth-order valence-corrected chi connectivity index (χ4v) is 6.14. The zero-order valence-electron chi connectivity index (χ0n) is 17.2. The van der Waals surface area contributed by atoms with Crippen LogP contribution in [0, 0.1) is 20.8 Å². The topological polar surface area (TPSA) is 51.2 Å². The van der Waals surface area contributed by atoms with Crippen LogP contribution in [0.3, 0.4) is 0 Å². The van der Waals surface area contributed by atoms with E-state index in [1.54, 1.807) is 50.2 Å². The first kappa shape index (κ1) is 21.0. The summed E-state index contributed by atoms with van der Waals surface area (Å²) in [6.07, 6.45) is 0.241. The zero-order valence-corrected chi connectivity index (χ0v) is 18.1. The molecule has 29 heavy (non-hydrogen) atoms. The lowest BCUT2D eigenvalue weighted by atomic mass is 9.89. The van der Waals surface area contributed by atoms with Crippen LogP contribution < -0.4 is 5.30 Å². The van der Waals surface area contributed by atoms with Crippen molar-refractivity contribution in [2.75, 3.05) is 6.16 Å². The minimum absolute atomic E-state index is 0.124. The van der Waals surface area contributed by atoms with Gasteiger partial charge in [-0.05, 0) is 37.5 Å². The molecule has 4 heteroatoms. The van der Waals surface area contributed by atoms with Gasteiger partial charge in [0.2, 0.25) is 5.52 Å². The molecule has 3 nitrogen and oxygen atoms in total. The first-order valence-electron chi connectivity index (χ1n) is 9.71. The van der Waals surface area contributed by atoms with Crippen LogP contribution in [-0.2, 0) is 4.57 Å². The summed E-state index contributed by atoms with van der Waals surface area (Å²) < 4.78 is 13.8. The number of hydrogen-bond donors (Lipinski definition) is 0. The number of benzene rings is 3. The normalized spacial score (nSPS) is 13.0. The summed E-state index contributed by atoms with van der Waals surface area (Å²) in [7, 11) is -3.31. The summed E-state index contributed by atoms with van der Waals surface area (Å²) in [5.74, 6) is -0.124. The number of rotatable bonds is 6. The predicted molar refractivity (Wildman–Crippen MR) is 119 cm³/mol. The third-order valence-corrected chi connectivity index (χ3v) is 8.30. The second-order valence-electron chi connectivity index (χ2n) is 7.28. The molecule has 0 saturated heterocycles. The van der Waals surface area contributed by atoms with E-state index in [0.717, 1.165) is 11.1 Å². The van der Waals surface area contributed by atoms with Crippen LogP contribution in [-0.4, -0.2) is 17.5 Å². The second kappa shape index (κ2) is 8.31. The Morgan fingerprint density at radius 1 is 0.793 bits per heavy atom. The van der Waals surface area contributed by atoms with Crippen LogP contribution in [0.15, 0.2) is 66.7 Å². The van der Waals surface area contributed by atoms with Crippen molar-refractivity contribution in [3.63, 3.8) is 0 Å². The van der Waals surface area contributed by atoms with Gasteiger partial charge in [0.15, 0.2) is 12.9 Å². The van der Waals surface area contributed by atoms with E-state index >= 15 is 0 Å². The van der Waals surface area contributed by atoms with Gasteiger partial charge >= 0.3 is 0 Å². The average Bonchev–Trinajstić information content (AvgIpc) is 2.73. The highest BCUT2D eigenvalue weighted by atomic mass is 31.2. The maximum absolute atomic E-state index is 13.8. The molecule has 0 aromatic heterocycles. The second-order valence-corrected chi connectivity index (χ2v) is 10.3. The van der Waals surface area contributed by atoms with Gasteiger partial charge in [0, 0.05) is 28.2 Å². The van der Waals surface area contributed by atoms with Crippen molar-refractivity contribution in [2.24, 2.45) is 0 Å². The van der Waals surface area contributed by atoms with E-state index in [1.165, 1.54) is 0 Å². The van der Waals surface area contributed by atoms with Crippen LogP contribution in [0.5, 0.6) is 0 Å². The van der Waals surface area contributed by atoms with Crippen molar-refractivity contribution in [1.29, 1.82) is 0 Å². The summed E-state index contributed by atoms with van der Waals surface area (Å²) in [5.41, 5.74) is 3.29. The SMILES string of the molecule is CCP(=O)(C(=O)c1c(C)cc(C)c(C(=O)c2ccccc2)c1C)c1ccccc1. The van der Waals surface area contributed by atoms with Crippen molar-refractivity contribution in [2.45, 2.75) is 27.7 Å². The van der Waals surface area contributed by atoms with Crippen molar-refractivity contribution in [1.82, 2.24) is 0 Å². The number of carbonyl (C=O) groups excluding carboxylic acids is 2. The molecule has 1 unspecified atom stereocenters. The maximum atomic E-state index is 13.8. The molecule has 0 spiro atoms. The minimum atomic E-state index is -3.31. The molecule has 3 rings (SSSR count). The van der Waals surface area contributed by atoms with Crippen molar-refractivity contribution in [3.05, 3.63) is 100 Å². The first-order valence-corrected chi connectivity index (χ1v) is 11.6. The lowest BCUT2D eigenvalue weighted by molar-refractivity contribution is 0.103. The van der Waals surface area contributed by atoms with E-state index in [9.17, 15) is 14.2 Å². The lowest BCUT2D eigenvalue weighted by Crippen LogP contribution is -2.19. The molecule has 148 valence electrons. The largest absolute Gasteiger partial charge is 0.310 e. The molecule has 3 aromatic carbocycles. The number of carbonyl (C=O) groups is 2. The van der Waals surface area contributed by atoms with Gasteiger partial charge in [-0.2, -0.15) is 0 Å². The molecule has 0 heterocycles. The molecular formula is C25H25O3P. The Labute approximate surface area is 172 Å². The Morgan fingerprint density at radius 3 is 1.86 bits per heavy atom.